The molecule has 8 nitrogen and oxygen atoms in total. The lowest BCUT2D eigenvalue weighted by Crippen LogP contribution is -2.56. The lowest BCUT2D eigenvalue weighted by Gasteiger charge is -2.44. The summed E-state index contributed by atoms with van der Waals surface area (Å²) in [6.07, 6.45) is 0.432. The van der Waals surface area contributed by atoms with E-state index in [0.717, 1.165) is 0 Å². The Balaban J connectivity index is 1.36. The fourth-order valence-corrected chi connectivity index (χ4v) is 5.30. The molecule has 10 radical (unpaired) electrons. The van der Waals surface area contributed by atoms with Crippen molar-refractivity contribution in [2.75, 3.05) is 26.3 Å². The molecule has 3 aliphatic rings. The van der Waals surface area contributed by atoms with Crippen LogP contribution in [0, 0.1) is 0 Å². The molecule has 13 heteroatoms. The predicted octanol–water partition coefficient (Wildman–Crippen LogP) is -1.94. The van der Waals surface area contributed by atoms with Crippen LogP contribution in [0.15, 0.2) is 30.3 Å². The molecule has 2 saturated heterocycles. The van der Waals surface area contributed by atoms with Gasteiger partial charge in [-0.15, -0.1) is 0 Å². The van der Waals surface area contributed by atoms with E-state index in [9.17, 15) is 14.4 Å². The minimum absolute atomic E-state index is 0.148. The second-order valence-corrected chi connectivity index (χ2v) is 9.72. The molecule has 3 heterocycles. The van der Waals surface area contributed by atoms with Crippen LogP contribution in [0.2, 0.25) is 0 Å². The SMILES string of the molecule is [B]c1cc(C([B])Oc2cccc3c2CN(C2CCC(=O)NC2=O)C3=O)cc([B])c1C([B])([B])N1CCOCC1. The Morgan fingerprint density at radius 2 is 1.76 bits per heavy atom. The van der Waals surface area contributed by atoms with E-state index in [0.29, 0.717) is 54.3 Å². The van der Waals surface area contributed by atoms with Crippen LogP contribution in [-0.2, 0) is 26.2 Å². The second kappa shape index (κ2) is 10.3. The number of hydrogen-bond donors (Lipinski definition) is 1. The van der Waals surface area contributed by atoms with E-state index in [1.165, 1.54) is 4.90 Å². The second-order valence-electron chi connectivity index (χ2n) is 9.72. The smallest absolute Gasteiger partial charge is 0.255 e. The van der Waals surface area contributed by atoms with E-state index >= 15 is 0 Å². The molecule has 182 valence electrons. The number of carbonyl (C=O) groups excluding carboxylic acids is 3. The molecule has 5 rings (SSSR count). The number of benzene rings is 2. The first-order chi connectivity index (χ1) is 18.1. The summed E-state index contributed by atoms with van der Waals surface area (Å²) in [7, 11) is 32.0. The minimum atomic E-state index is -1.40. The molecular weight excluding hydrogens is 476 g/mol. The number of nitrogens with zero attached hydrogens (tertiary/aromatic N) is 2. The standard InChI is InChI=1S/C25H22B5N3O5/c26-16-10-13(11-17(27)21(16)25(29,30)32-6-8-37-9-7-32)22(28)38-19-3-1-2-14-15(19)12-33(24(14)36)18-4-5-20(34)31-23(18)35/h1-3,10-11,18,22H,4-9,12H2,(H,31,34,35). The van der Waals surface area contributed by atoms with E-state index in [1.54, 1.807) is 30.3 Å². The number of morpholine rings is 1. The number of hydrogen-bond acceptors (Lipinski definition) is 6. The number of fused-ring (bicyclic) bond motifs is 1. The first-order valence-electron chi connectivity index (χ1n) is 12.4. The van der Waals surface area contributed by atoms with Crippen molar-refractivity contribution in [3.05, 3.63) is 52.6 Å². The molecule has 1 N–H and O–H groups in total. The highest BCUT2D eigenvalue weighted by Gasteiger charge is 2.40. The number of imide groups is 1. The monoisotopic (exact) mass is 499 g/mol. The average molecular weight is 499 g/mol. The van der Waals surface area contributed by atoms with Crippen molar-refractivity contribution in [2.24, 2.45) is 0 Å². The van der Waals surface area contributed by atoms with Crippen molar-refractivity contribution in [1.29, 1.82) is 0 Å². The highest BCUT2D eigenvalue weighted by Crippen LogP contribution is 2.35. The molecule has 2 atom stereocenters. The van der Waals surface area contributed by atoms with E-state index in [4.69, 9.17) is 48.7 Å². The molecule has 38 heavy (non-hydrogen) atoms. The van der Waals surface area contributed by atoms with Crippen molar-refractivity contribution in [1.82, 2.24) is 15.1 Å². The molecule has 3 amide bonds. The van der Waals surface area contributed by atoms with Gasteiger partial charge in [0.15, 0.2) is 0 Å². The fourth-order valence-electron chi connectivity index (χ4n) is 5.30. The number of rotatable bonds is 6. The number of carbonyl (C=O) groups is 3. The predicted molar refractivity (Wildman–Crippen MR) is 144 cm³/mol. The van der Waals surface area contributed by atoms with Crippen molar-refractivity contribution in [3.63, 3.8) is 0 Å². The van der Waals surface area contributed by atoms with Crippen LogP contribution < -0.4 is 21.0 Å². The third-order valence-electron chi connectivity index (χ3n) is 7.28. The van der Waals surface area contributed by atoms with Gasteiger partial charge >= 0.3 is 0 Å². The Morgan fingerprint density at radius 3 is 2.42 bits per heavy atom. The number of nitrogens with one attached hydrogen (secondary N) is 1. The van der Waals surface area contributed by atoms with Gasteiger partial charge in [-0.3, -0.25) is 19.7 Å². The summed E-state index contributed by atoms with van der Waals surface area (Å²) in [4.78, 5) is 40.3. The topological polar surface area (TPSA) is 88.2 Å². The molecule has 2 fully saturated rings. The molecule has 2 unspecified atom stereocenters. The summed E-state index contributed by atoms with van der Waals surface area (Å²) in [5, 5.41) is 0.893. The van der Waals surface area contributed by atoms with Gasteiger partial charge in [0.2, 0.25) is 11.8 Å². The molecular formula is C25H22B5N3O5. The van der Waals surface area contributed by atoms with Gasteiger partial charge < -0.3 is 19.3 Å². The molecule has 0 bridgehead atoms. The first kappa shape index (κ1) is 26.7. The molecule has 3 aliphatic heterocycles. The van der Waals surface area contributed by atoms with Crippen molar-refractivity contribution in [2.45, 2.75) is 36.8 Å². The maximum absolute atomic E-state index is 13.1. The van der Waals surface area contributed by atoms with Crippen molar-refractivity contribution < 1.29 is 23.9 Å². The van der Waals surface area contributed by atoms with Gasteiger partial charge in [0.05, 0.1) is 41.5 Å². The van der Waals surface area contributed by atoms with Crippen molar-refractivity contribution in [3.8, 4) is 5.75 Å². The van der Waals surface area contributed by atoms with Gasteiger partial charge in [-0.2, -0.15) is 0 Å². The van der Waals surface area contributed by atoms with Crippen LogP contribution >= 0.6 is 0 Å². The number of ether oxygens (including phenoxy) is 2. The normalized spacial score (nSPS) is 21.2. The number of amides is 3. The molecule has 0 aromatic heterocycles. The van der Waals surface area contributed by atoms with Crippen LogP contribution in [0.3, 0.4) is 0 Å². The van der Waals surface area contributed by atoms with Crippen molar-refractivity contribution >= 4 is 67.9 Å². The summed E-state index contributed by atoms with van der Waals surface area (Å²) in [5.74, 6) is -0.751. The maximum atomic E-state index is 13.1. The largest absolute Gasteiger partial charge is 0.496 e. The van der Waals surface area contributed by atoms with E-state index in [1.807, 2.05) is 4.90 Å². The highest BCUT2D eigenvalue weighted by molar-refractivity contribution is 6.47. The van der Waals surface area contributed by atoms with Crippen LogP contribution in [0.4, 0.5) is 0 Å². The third kappa shape index (κ3) is 4.82. The van der Waals surface area contributed by atoms with Gasteiger partial charge in [-0.05, 0) is 29.5 Å². The lowest BCUT2D eigenvalue weighted by molar-refractivity contribution is -0.136. The summed E-state index contributed by atoms with van der Waals surface area (Å²) < 4.78 is 11.4. The van der Waals surface area contributed by atoms with Gasteiger partial charge in [0.25, 0.3) is 5.91 Å². The summed E-state index contributed by atoms with van der Waals surface area (Å²) in [6.45, 7) is 2.21. The van der Waals surface area contributed by atoms with Crippen LogP contribution in [-0.4, -0.2) is 99.1 Å². The quantitative estimate of drug-likeness (QED) is 0.369. The van der Waals surface area contributed by atoms with E-state index in [-0.39, 0.29) is 42.1 Å². The zero-order valence-electron chi connectivity index (χ0n) is 20.8. The third-order valence-corrected chi connectivity index (χ3v) is 7.28. The molecule has 0 aliphatic carbocycles. The first-order valence-corrected chi connectivity index (χ1v) is 12.4. The maximum Gasteiger partial charge on any atom is 0.255 e. The average Bonchev–Trinajstić information content (AvgIpc) is 3.21. The fraction of sp³-hybridized carbons (Fsp3) is 0.400. The molecule has 0 saturated carbocycles. The summed E-state index contributed by atoms with van der Waals surface area (Å²) in [5.41, 5.74) is 2.44. The summed E-state index contributed by atoms with van der Waals surface area (Å²) in [6, 6.07) is 6.57. The van der Waals surface area contributed by atoms with E-state index in [2.05, 4.69) is 5.32 Å². The van der Waals surface area contributed by atoms with Crippen LogP contribution in [0.25, 0.3) is 0 Å². The Bertz CT molecular complexity index is 1280. The van der Waals surface area contributed by atoms with Crippen LogP contribution in [0.5, 0.6) is 5.75 Å². The highest BCUT2D eigenvalue weighted by atomic mass is 16.5. The van der Waals surface area contributed by atoms with Crippen LogP contribution in [0.1, 0.15) is 45.9 Å². The Hall–Kier alpha value is -2.91. The molecule has 0 spiro atoms. The Morgan fingerprint density at radius 1 is 1.08 bits per heavy atom. The summed E-state index contributed by atoms with van der Waals surface area (Å²) >= 11 is 0. The molecule has 2 aromatic carbocycles. The Labute approximate surface area is 228 Å². The zero-order chi connectivity index (χ0) is 27.2. The van der Waals surface area contributed by atoms with Gasteiger partial charge in [0, 0.05) is 30.6 Å². The van der Waals surface area contributed by atoms with Gasteiger partial charge in [0.1, 0.15) is 35.3 Å². The van der Waals surface area contributed by atoms with E-state index < -0.39 is 23.3 Å². The molecule has 2 aromatic rings. The Kier molecular flexibility index (Phi) is 7.26. The van der Waals surface area contributed by atoms with Gasteiger partial charge in [-0.1, -0.05) is 34.7 Å². The minimum Gasteiger partial charge on any atom is -0.496 e. The number of piperidine rings is 1. The van der Waals surface area contributed by atoms with Gasteiger partial charge in [-0.25, -0.2) is 0 Å². The zero-order valence-corrected chi connectivity index (χ0v) is 20.8. The lowest BCUT2D eigenvalue weighted by atomic mass is 9.52.